The molecular formula is C24H20F4O3. The Morgan fingerprint density at radius 2 is 1.77 bits per heavy atom. The first-order valence-electron chi connectivity index (χ1n) is 9.61. The van der Waals surface area contributed by atoms with Crippen LogP contribution in [0.1, 0.15) is 29.3 Å². The van der Waals surface area contributed by atoms with E-state index in [0.717, 1.165) is 24.5 Å². The van der Waals surface area contributed by atoms with E-state index in [1.165, 1.54) is 24.3 Å². The third-order valence-electron chi connectivity index (χ3n) is 4.52. The fourth-order valence-electron chi connectivity index (χ4n) is 2.97. The van der Waals surface area contributed by atoms with E-state index in [1.54, 1.807) is 12.1 Å². The highest BCUT2D eigenvalue weighted by atomic mass is 19.4. The molecule has 7 heteroatoms. The van der Waals surface area contributed by atoms with Gasteiger partial charge < -0.3 is 9.47 Å². The van der Waals surface area contributed by atoms with Crippen LogP contribution in [0.5, 0.6) is 11.5 Å². The van der Waals surface area contributed by atoms with Crippen LogP contribution in [-0.4, -0.2) is 18.8 Å². The van der Waals surface area contributed by atoms with Gasteiger partial charge in [0.05, 0.1) is 5.56 Å². The third kappa shape index (κ3) is 6.07. The van der Waals surface area contributed by atoms with Crippen LogP contribution in [0.15, 0.2) is 66.7 Å². The van der Waals surface area contributed by atoms with Crippen molar-refractivity contribution in [3.63, 3.8) is 0 Å². The lowest BCUT2D eigenvalue weighted by molar-refractivity contribution is -0.153. The zero-order valence-electron chi connectivity index (χ0n) is 16.7. The highest BCUT2D eigenvalue weighted by molar-refractivity contribution is 5.92. The van der Waals surface area contributed by atoms with Gasteiger partial charge in [0.2, 0.25) is 0 Å². The van der Waals surface area contributed by atoms with E-state index in [9.17, 15) is 22.4 Å². The summed E-state index contributed by atoms with van der Waals surface area (Å²) in [6, 6.07) is 13.7. The van der Waals surface area contributed by atoms with Gasteiger partial charge in [-0.1, -0.05) is 30.4 Å². The minimum atomic E-state index is -4.57. The van der Waals surface area contributed by atoms with Gasteiger partial charge in [-0.25, -0.2) is 9.18 Å². The monoisotopic (exact) mass is 432 g/mol. The molecule has 0 atom stereocenters. The van der Waals surface area contributed by atoms with Gasteiger partial charge in [0.25, 0.3) is 0 Å². The molecule has 3 aromatic carbocycles. The molecule has 0 bridgehead atoms. The molecule has 3 rings (SSSR count). The molecule has 3 nitrogen and oxygen atoms in total. The van der Waals surface area contributed by atoms with Crippen LogP contribution in [0.2, 0.25) is 0 Å². The molecule has 0 spiro atoms. The maximum absolute atomic E-state index is 14.4. The van der Waals surface area contributed by atoms with Crippen molar-refractivity contribution in [1.29, 1.82) is 0 Å². The van der Waals surface area contributed by atoms with Crippen molar-refractivity contribution in [3.05, 3.63) is 83.7 Å². The second kappa shape index (κ2) is 9.64. The number of aryl methyl sites for hydroxylation is 1. The highest BCUT2D eigenvalue weighted by Gasteiger charge is 2.29. The summed E-state index contributed by atoms with van der Waals surface area (Å²) >= 11 is 0. The molecule has 0 saturated carbocycles. The molecule has 0 aliphatic heterocycles. The van der Waals surface area contributed by atoms with Crippen LogP contribution in [0, 0.1) is 5.82 Å². The topological polar surface area (TPSA) is 35.5 Å². The van der Waals surface area contributed by atoms with E-state index in [2.05, 4.69) is 10.8 Å². The lowest BCUT2D eigenvalue weighted by Crippen LogP contribution is -2.19. The number of hydrogen-bond donors (Lipinski definition) is 0. The van der Waals surface area contributed by atoms with Gasteiger partial charge in [-0.15, -0.1) is 0 Å². The van der Waals surface area contributed by atoms with E-state index in [1.807, 2.05) is 25.1 Å². The standard InChI is InChI=1S/C24H20F4O3/c1-2-3-4-5-16-6-8-17(9-7-16)23(29)31-19-11-12-20-18(14-19)10-13-21(22(20)25)30-15-24(26,27)28/h2-3,6-14H,4-5,15H2,1H3/b3-2+. The normalized spacial score (nSPS) is 11.8. The fraction of sp³-hybridized carbons (Fsp3) is 0.208. The molecule has 0 radical (unpaired) electrons. The number of carbonyl (C=O) groups excluding carboxylic acids is 1. The number of rotatable bonds is 7. The molecule has 0 fully saturated rings. The molecular weight excluding hydrogens is 412 g/mol. The second-order valence-electron chi connectivity index (χ2n) is 6.86. The minimum absolute atomic E-state index is 0.0601. The first kappa shape index (κ1) is 22.3. The Bertz CT molecular complexity index is 1090. The fourth-order valence-corrected chi connectivity index (χ4v) is 2.97. The molecule has 162 valence electrons. The minimum Gasteiger partial charge on any atom is -0.481 e. The zero-order chi connectivity index (χ0) is 22.4. The van der Waals surface area contributed by atoms with Gasteiger partial charge in [-0.3, -0.25) is 0 Å². The maximum Gasteiger partial charge on any atom is 0.422 e. The van der Waals surface area contributed by atoms with Crippen molar-refractivity contribution in [3.8, 4) is 11.5 Å². The number of fused-ring (bicyclic) bond motifs is 1. The van der Waals surface area contributed by atoms with Crippen LogP contribution in [-0.2, 0) is 6.42 Å². The van der Waals surface area contributed by atoms with Crippen LogP contribution < -0.4 is 9.47 Å². The Hall–Kier alpha value is -3.35. The van der Waals surface area contributed by atoms with Gasteiger partial charge in [0.1, 0.15) is 5.75 Å². The predicted molar refractivity (Wildman–Crippen MR) is 110 cm³/mol. The Kier molecular flexibility index (Phi) is 6.95. The van der Waals surface area contributed by atoms with E-state index in [-0.39, 0.29) is 11.1 Å². The summed E-state index contributed by atoms with van der Waals surface area (Å²) < 4.78 is 61.2. The lowest BCUT2D eigenvalue weighted by atomic mass is 10.1. The molecule has 0 unspecified atom stereocenters. The largest absolute Gasteiger partial charge is 0.481 e. The van der Waals surface area contributed by atoms with E-state index >= 15 is 0 Å². The number of esters is 1. The average molecular weight is 432 g/mol. The van der Waals surface area contributed by atoms with E-state index in [0.29, 0.717) is 10.9 Å². The number of allylic oxidation sites excluding steroid dienone is 2. The summed E-state index contributed by atoms with van der Waals surface area (Å²) in [5.41, 5.74) is 1.47. The van der Waals surface area contributed by atoms with Gasteiger partial charge in [0, 0.05) is 5.39 Å². The van der Waals surface area contributed by atoms with Crippen LogP contribution in [0.25, 0.3) is 10.8 Å². The third-order valence-corrected chi connectivity index (χ3v) is 4.52. The Balaban J connectivity index is 1.71. The predicted octanol–water partition coefficient (Wildman–Crippen LogP) is 6.65. The van der Waals surface area contributed by atoms with Crippen molar-refractivity contribution in [2.75, 3.05) is 6.61 Å². The Morgan fingerprint density at radius 3 is 2.45 bits per heavy atom. The summed E-state index contributed by atoms with van der Waals surface area (Å²) in [4.78, 5) is 12.4. The summed E-state index contributed by atoms with van der Waals surface area (Å²) in [5.74, 6) is -1.78. The SMILES string of the molecule is C/C=C/CCc1ccc(C(=O)Oc2ccc3c(F)c(OCC(F)(F)F)ccc3c2)cc1. The zero-order valence-corrected chi connectivity index (χ0v) is 16.7. The van der Waals surface area contributed by atoms with Gasteiger partial charge in [0.15, 0.2) is 18.2 Å². The molecule has 0 aliphatic carbocycles. The highest BCUT2D eigenvalue weighted by Crippen LogP contribution is 2.30. The summed E-state index contributed by atoms with van der Waals surface area (Å²) in [6.45, 7) is 0.375. The van der Waals surface area contributed by atoms with Crippen molar-refractivity contribution >= 4 is 16.7 Å². The van der Waals surface area contributed by atoms with Crippen LogP contribution in [0.3, 0.4) is 0 Å². The van der Waals surface area contributed by atoms with E-state index < -0.39 is 30.3 Å². The smallest absolute Gasteiger partial charge is 0.422 e. The first-order valence-corrected chi connectivity index (χ1v) is 9.61. The second-order valence-corrected chi connectivity index (χ2v) is 6.86. The number of carbonyl (C=O) groups is 1. The van der Waals surface area contributed by atoms with Gasteiger partial charge in [-0.2, -0.15) is 13.2 Å². The van der Waals surface area contributed by atoms with Crippen LogP contribution >= 0.6 is 0 Å². The Labute approximate surface area is 176 Å². The number of ether oxygens (including phenoxy) is 2. The molecule has 0 saturated heterocycles. The van der Waals surface area contributed by atoms with Gasteiger partial charge >= 0.3 is 12.1 Å². The molecule has 0 aliphatic rings. The molecule has 0 N–H and O–H groups in total. The number of benzene rings is 3. The summed E-state index contributed by atoms with van der Waals surface area (Å²) in [6.07, 6.45) is 1.26. The number of halogens is 4. The lowest BCUT2D eigenvalue weighted by Gasteiger charge is -2.12. The molecule has 0 amide bonds. The first-order chi connectivity index (χ1) is 14.8. The van der Waals surface area contributed by atoms with Crippen molar-refractivity contribution in [1.82, 2.24) is 0 Å². The maximum atomic E-state index is 14.4. The van der Waals surface area contributed by atoms with E-state index in [4.69, 9.17) is 4.74 Å². The number of alkyl halides is 3. The Morgan fingerprint density at radius 1 is 1.03 bits per heavy atom. The molecule has 3 aromatic rings. The molecule has 0 heterocycles. The van der Waals surface area contributed by atoms with Crippen molar-refractivity contribution < 1.29 is 31.8 Å². The average Bonchev–Trinajstić information content (AvgIpc) is 2.73. The molecule has 0 aromatic heterocycles. The number of hydrogen-bond acceptors (Lipinski definition) is 3. The van der Waals surface area contributed by atoms with Gasteiger partial charge in [-0.05, 0) is 67.1 Å². The summed E-state index contributed by atoms with van der Waals surface area (Å²) in [7, 11) is 0. The van der Waals surface area contributed by atoms with Crippen molar-refractivity contribution in [2.45, 2.75) is 25.9 Å². The molecule has 31 heavy (non-hydrogen) atoms. The quantitative estimate of drug-likeness (QED) is 0.182. The van der Waals surface area contributed by atoms with Crippen LogP contribution in [0.4, 0.5) is 17.6 Å². The summed E-state index contributed by atoms with van der Waals surface area (Å²) in [5, 5.41) is 0.423. The van der Waals surface area contributed by atoms with Crippen molar-refractivity contribution in [2.24, 2.45) is 0 Å².